The van der Waals surface area contributed by atoms with Crippen LogP contribution in [0.1, 0.15) is 5.56 Å². The number of hydrogen-bond acceptors (Lipinski definition) is 4. The Hall–Kier alpha value is -1.34. The Kier molecular flexibility index (Phi) is 5.01. The Morgan fingerprint density at radius 3 is 2.38 bits per heavy atom. The van der Waals surface area contributed by atoms with Crippen molar-refractivity contribution >= 4 is 39.0 Å². The van der Waals surface area contributed by atoms with Crippen molar-refractivity contribution in [1.82, 2.24) is 9.29 Å². The number of piperazine rings is 1. The highest BCUT2D eigenvalue weighted by Crippen LogP contribution is 2.30. The average Bonchev–Trinajstić information content (AvgIpc) is 2.59. The molecule has 0 unspecified atom stereocenters. The highest BCUT2D eigenvalue weighted by Gasteiger charge is 2.30. The van der Waals surface area contributed by atoms with Crippen LogP contribution in [-0.2, 0) is 10.0 Å². The molecule has 0 saturated carbocycles. The molecule has 0 spiro atoms. The van der Waals surface area contributed by atoms with Crippen molar-refractivity contribution in [2.45, 2.75) is 11.8 Å². The molecule has 1 aliphatic rings. The molecular weight excluding hydrogens is 369 g/mol. The van der Waals surface area contributed by atoms with Crippen LogP contribution in [0.3, 0.4) is 0 Å². The van der Waals surface area contributed by atoms with Gasteiger partial charge in [0, 0.05) is 37.4 Å². The van der Waals surface area contributed by atoms with E-state index in [4.69, 9.17) is 23.2 Å². The van der Waals surface area contributed by atoms with Crippen LogP contribution in [0.25, 0.3) is 0 Å². The number of sulfonamides is 1. The maximum absolute atomic E-state index is 12.9. The minimum absolute atomic E-state index is 0.109. The van der Waals surface area contributed by atoms with Gasteiger partial charge in [-0.25, -0.2) is 13.4 Å². The summed E-state index contributed by atoms with van der Waals surface area (Å²) < 4.78 is 27.2. The van der Waals surface area contributed by atoms with Crippen molar-refractivity contribution in [2.24, 2.45) is 0 Å². The van der Waals surface area contributed by atoms with Gasteiger partial charge in [-0.3, -0.25) is 0 Å². The monoisotopic (exact) mass is 385 g/mol. The first-order valence-corrected chi connectivity index (χ1v) is 9.71. The van der Waals surface area contributed by atoms with Gasteiger partial charge in [0.25, 0.3) is 0 Å². The molecule has 0 N–H and O–H groups in total. The largest absolute Gasteiger partial charge is 0.354 e. The minimum atomic E-state index is -3.64. The van der Waals surface area contributed by atoms with Gasteiger partial charge >= 0.3 is 0 Å². The Labute approximate surface area is 151 Å². The lowest BCUT2D eigenvalue weighted by atomic mass is 10.2. The van der Waals surface area contributed by atoms with Gasteiger partial charge in [-0.05, 0) is 36.8 Å². The molecule has 1 aromatic heterocycles. The fraction of sp³-hybridized carbons (Fsp3) is 0.312. The molecule has 2 heterocycles. The molecule has 1 fully saturated rings. The van der Waals surface area contributed by atoms with Crippen molar-refractivity contribution in [2.75, 3.05) is 31.1 Å². The molecule has 0 radical (unpaired) electrons. The van der Waals surface area contributed by atoms with E-state index in [9.17, 15) is 8.42 Å². The van der Waals surface area contributed by atoms with Crippen molar-refractivity contribution in [3.05, 3.63) is 52.1 Å². The predicted octanol–water partition coefficient (Wildman–Crippen LogP) is 3.21. The third kappa shape index (κ3) is 3.37. The zero-order valence-corrected chi connectivity index (χ0v) is 15.4. The Bertz CT molecular complexity index is 836. The maximum atomic E-state index is 12.9. The second-order valence-electron chi connectivity index (χ2n) is 5.61. The summed E-state index contributed by atoms with van der Waals surface area (Å²) in [6.07, 6.45) is 1.73. The number of halogens is 2. The predicted molar refractivity (Wildman–Crippen MR) is 96.4 cm³/mol. The molecule has 0 bridgehead atoms. The summed E-state index contributed by atoms with van der Waals surface area (Å²) in [5, 5.41) is 0.608. The smallest absolute Gasteiger partial charge is 0.244 e. The SMILES string of the molecule is Cc1cc(S(=O)(=O)N2CCN(c3ccccn3)CC2)c(Cl)cc1Cl. The summed E-state index contributed by atoms with van der Waals surface area (Å²) in [4.78, 5) is 6.48. The van der Waals surface area contributed by atoms with Gasteiger partial charge in [-0.2, -0.15) is 4.31 Å². The molecular formula is C16H17Cl2N3O2S. The molecule has 3 rings (SSSR count). The standard InChI is InChI=1S/C16H17Cl2N3O2S/c1-12-10-15(14(18)11-13(12)17)24(22,23)21-8-6-20(7-9-21)16-4-2-3-5-19-16/h2-5,10-11H,6-9H2,1H3. The van der Waals surface area contributed by atoms with E-state index in [0.717, 1.165) is 5.82 Å². The normalized spacial score (nSPS) is 16.4. The maximum Gasteiger partial charge on any atom is 0.244 e. The van der Waals surface area contributed by atoms with Crippen molar-refractivity contribution in [3.63, 3.8) is 0 Å². The summed E-state index contributed by atoms with van der Waals surface area (Å²) in [7, 11) is -3.64. The van der Waals surface area contributed by atoms with E-state index in [0.29, 0.717) is 36.8 Å². The zero-order valence-electron chi connectivity index (χ0n) is 13.1. The number of nitrogens with zero attached hydrogens (tertiary/aromatic N) is 3. The first-order chi connectivity index (χ1) is 11.4. The van der Waals surface area contributed by atoms with Crippen LogP contribution >= 0.6 is 23.2 Å². The van der Waals surface area contributed by atoms with Crippen LogP contribution in [0.4, 0.5) is 5.82 Å². The van der Waals surface area contributed by atoms with Crippen LogP contribution in [0.5, 0.6) is 0 Å². The van der Waals surface area contributed by atoms with Gasteiger partial charge in [0.15, 0.2) is 0 Å². The van der Waals surface area contributed by atoms with Crippen LogP contribution in [0, 0.1) is 6.92 Å². The van der Waals surface area contributed by atoms with Crippen molar-refractivity contribution in [3.8, 4) is 0 Å². The highest BCUT2D eigenvalue weighted by atomic mass is 35.5. The van der Waals surface area contributed by atoms with E-state index in [-0.39, 0.29) is 9.92 Å². The van der Waals surface area contributed by atoms with E-state index < -0.39 is 10.0 Å². The lowest BCUT2D eigenvalue weighted by molar-refractivity contribution is 0.384. The highest BCUT2D eigenvalue weighted by molar-refractivity contribution is 7.89. The van der Waals surface area contributed by atoms with Gasteiger partial charge in [-0.15, -0.1) is 0 Å². The third-order valence-electron chi connectivity index (χ3n) is 4.04. The first-order valence-electron chi connectivity index (χ1n) is 7.51. The number of aromatic nitrogens is 1. The summed E-state index contributed by atoms with van der Waals surface area (Å²) in [6, 6.07) is 8.71. The van der Waals surface area contributed by atoms with Gasteiger partial charge in [0.1, 0.15) is 10.7 Å². The summed E-state index contributed by atoms with van der Waals surface area (Å²) >= 11 is 12.1. The Morgan fingerprint density at radius 1 is 1.04 bits per heavy atom. The molecule has 5 nitrogen and oxygen atoms in total. The number of anilines is 1. The number of aryl methyl sites for hydroxylation is 1. The Balaban J connectivity index is 1.79. The summed E-state index contributed by atoms with van der Waals surface area (Å²) in [5.41, 5.74) is 0.687. The number of pyridine rings is 1. The molecule has 24 heavy (non-hydrogen) atoms. The molecule has 1 aromatic carbocycles. The van der Waals surface area contributed by atoms with Gasteiger partial charge in [-0.1, -0.05) is 29.3 Å². The molecule has 1 saturated heterocycles. The second-order valence-corrected chi connectivity index (χ2v) is 8.33. The molecule has 2 aromatic rings. The van der Waals surface area contributed by atoms with Crippen molar-refractivity contribution in [1.29, 1.82) is 0 Å². The van der Waals surface area contributed by atoms with E-state index in [1.54, 1.807) is 13.1 Å². The van der Waals surface area contributed by atoms with Crippen molar-refractivity contribution < 1.29 is 8.42 Å². The lowest BCUT2D eigenvalue weighted by Crippen LogP contribution is -2.49. The van der Waals surface area contributed by atoms with Crippen LogP contribution in [0.2, 0.25) is 10.0 Å². The summed E-state index contributed by atoms with van der Waals surface area (Å²) in [6.45, 7) is 3.70. The second kappa shape index (κ2) is 6.88. The topological polar surface area (TPSA) is 53.5 Å². The minimum Gasteiger partial charge on any atom is -0.354 e. The van der Waals surface area contributed by atoms with Crippen LogP contribution in [0.15, 0.2) is 41.4 Å². The third-order valence-corrected chi connectivity index (χ3v) is 6.81. The van der Waals surface area contributed by atoms with Gasteiger partial charge < -0.3 is 4.90 Å². The quantitative estimate of drug-likeness (QED) is 0.813. The molecule has 8 heteroatoms. The first kappa shape index (κ1) is 17.5. The van der Waals surface area contributed by atoms with Crippen LogP contribution in [-0.4, -0.2) is 43.9 Å². The van der Waals surface area contributed by atoms with Gasteiger partial charge in [0.2, 0.25) is 10.0 Å². The molecule has 1 aliphatic heterocycles. The average molecular weight is 386 g/mol. The van der Waals surface area contributed by atoms with Gasteiger partial charge in [0.05, 0.1) is 5.02 Å². The van der Waals surface area contributed by atoms with E-state index >= 15 is 0 Å². The molecule has 0 aliphatic carbocycles. The number of benzene rings is 1. The molecule has 128 valence electrons. The fourth-order valence-corrected chi connectivity index (χ4v) is 4.89. The molecule has 0 amide bonds. The number of hydrogen-bond donors (Lipinski definition) is 0. The van der Waals surface area contributed by atoms with E-state index in [1.165, 1.54) is 16.4 Å². The molecule has 0 atom stereocenters. The lowest BCUT2D eigenvalue weighted by Gasteiger charge is -2.34. The van der Waals surface area contributed by atoms with Crippen LogP contribution < -0.4 is 4.90 Å². The summed E-state index contributed by atoms with van der Waals surface area (Å²) in [5.74, 6) is 0.856. The number of rotatable bonds is 3. The Morgan fingerprint density at radius 2 is 1.75 bits per heavy atom. The van der Waals surface area contributed by atoms with E-state index in [1.807, 2.05) is 18.2 Å². The fourth-order valence-electron chi connectivity index (χ4n) is 2.67. The zero-order chi connectivity index (χ0) is 17.3. The van der Waals surface area contributed by atoms with E-state index in [2.05, 4.69) is 9.88 Å².